The third-order valence-corrected chi connectivity index (χ3v) is 24.1. The number of aromatic nitrogens is 9. The van der Waals surface area contributed by atoms with Crippen molar-refractivity contribution in [1.82, 2.24) is 71.3 Å². The number of aryl methyl sites for hydroxylation is 3. The third-order valence-electron chi connectivity index (χ3n) is 24.1. The van der Waals surface area contributed by atoms with E-state index in [1.807, 2.05) is 155 Å². The number of carbonyl (C=O) groups excluding carboxylic acids is 9. The van der Waals surface area contributed by atoms with Gasteiger partial charge in [-0.1, -0.05) is 53.1 Å². The van der Waals surface area contributed by atoms with Crippen LogP contribution in [0.25, 0.3) is 83.1 Å². The van der Waals surface area contributed by atoms with E-state index >= 15 is 0 Å². The molecule has 0 spiro atoms. The lowest BCUT2D eigenvalue weighted by Gasteiger charge is -2.32. The number of urea groups is 3. The van der Waals surface area contributed by atoms with E-state index in [0.29, 0.717) is 136 Å². The van der Waals surface area contributed by atoms with Crippen LogP contribution in [0.3, 0.4) is 0 Å². The van der Waals surface area contributed by atoms with E-state index in [2.05, 4.69) is 65.1 Å². The minimum atomic E-state index is -0.182. The Balaban J connectivity index is 0.000000115. The normalized spacial score (nSPS) is 18.2. The van der Waals surface area contributed by atoms with Gasteiger partial charge in [0.2, 0.25) is 0 Å². The van der Waals surface area contributed by atoms with Gasteiger partial charge in [0.25, 0.3) is 0 Å². The van der Waals surface area contributed by atoms with Crippen molar-refractivity contribution >= 4 is 136 Å². The first-order chi connectivity index (χ1) is 55.5. The van der Waals surface area contributed by atoms with Crippen LogP contribution >= 0.6 is 0 Å². The molecule has 0 bridgehead atoms. The van der Waals surface area contributed by atoms with Crippen LogP contribution in [-0.4, -0.2) is 196 Å². The SMILES string of the molecule is Cc1cc2c3c(c1)c(C1=C(c4cnc5ccccn45)C(=O)CC1=O)cn3CCN(C(=O)N1CCCCC1)C2.Cc1cc2c3c(c1)c(C1=C(c4cnc5ccccn45)C(=O)CC1=O)cn3CCN(C(=O)N1CCCCC1)C2.Cc1cc2c3c(c1)c(C1=C(c4cnc5ccccn45)C(=O)CC1=O)cn3CCN(C(=O)N1CCOCC1)C2. The van der Waals surface area contributed by atoms with Gasteiger partial charge in [0.05, 0.1) is 101 Å². The monoisotopic (exact) mass is 1520 g/mol. The number of likely N-dealkylation sites (tertiary alicyclic amines) is 2. The summed E-state index contributed by atoms with van der Waals surface area (Å²) >= 11 is 0. The maximum absolute atomic E-state index is 13.4. The summed E-state index contributed by atoms with van der Waals surface area (Å²) < 4.78 is 17.5. The van der Waals surface area contributed by atoms with E-state index in [-0.39, 0.29) is 72.1 Å². The maximum atomic E-state index is 13.4. The zero-order chi connectivity index (χ0) is 77.9. The number of pyridine rings is 3. The summed E-state index contributed by atoms with van der Waals surface area (Å²) in [6, 6.07) is 30.0. The first-order valence-electron chi connectivity index (χ1n) is 39.8. The summed E-state index contributed by atoms with van der Waals surface area (Å²) in [5, 5.41) is 2.85. The Hall–Kier alpha value is -12.6. The van der Waals surface area contributed by atoms with Crippen molar-refractivity contribution in [3.63, 3.8) is 0 Å². The molecule has 3 aliphatic carbocycles. The number of ether oxygens (including phenoxy) is 1. The van der Waals surface area contributed by atoms with E-state index < -0.39 is 0 Å². The number of imidazole rings is 3. The lowest BCUT2D eigenvalue weighted by atomic mass is 9.96. The van der Waals surface area contributed by atoms with Gasteiger partial charge in [-0.05, 0) is 131 Å². The second-order valence-corrected chi connectivity index (χ2v) is 31.5. The molecule has 25 heteroatoms. The van der Waals surface area contributed by atoms with Crippen LogP contribution in [-0.2, 0) is 72.8 Å². The van der Waals surface area contributed by atoms with Gasteiger partial charge < -0.3 is 47.8 Å². The van der Waals surface area contributed by atoms with Crippen molar-refractivity contribution in [3.05, 3.63) is 214 Å². The molecule has 0 radical (unpaired) electrons. The summed E-state index contributed by atoms with van der Waals surface area (Å²) in [5.74, 6) is -1.00. The number of allylic oxidation sites excluding steroid dienone is 6. The molecule has 6 amide bonds. The maximum Gasteiger partial charge on any atom is 0.320 e. The molecule has 15 heterocycles. The van der Waals surface area contributed by atoms with Crippen LogP contribution < -0.4 is 0 Å². The van der Waals surface area contributed by atoms with Gasteiger partial charge in [-0.15, -0.1) is 0 Å². The molecule has 3 aromatic carbocycles. The molecule has 6 aliphatic heterocycles. The van der Waals surface area contributed by atoms with Gasteiger partial charge in [-0.25, -0.2) is 29.3 Å². The number of rotatable bonds is 6. The fourth-order valence-corrected chi connectivity index (χ4v) is 18.9. The van der Waals surface area contributed by atoms with Gasteiger partial charge in [-0.3, -0.25) is 42.0 Å². The Kier molecular flexibility index (Phi) is 18.1. The molecular formula is C89H85N15O10. The van der Waals surface area contributed by atoms with Crippen molar-refractivity contribution in [2.75, 3.05) is 72.1 Å². The highest BCUT2D eigenvalue weighted by Gasteiger charge is 2.41. The first kappa shape index (κ1) is 71.7. The highest BCUT2D eigenvalue weighted by molar-refractivity contribution is 6.53. The van der Waals surface area contributed by atoms with E-state index in [9.17, 15) is 43.2 Å². The summed E-state index contributed by atoms with van der Waals surface area (Å²) in [6.07, 6.45) is 22.9. The number of ketones is 6. The van der Waals surface area contributed by atoms with Crippen molar-refractivity contribution in [2.24, 2.45) is 0 Å². The zero-order valence-corrected chi connectivity index (χ0v) is 64.0. The minimum Gasteiger partial charge on any atom is -0.378 e. The highest BCUT2D eigenvalue weighted by Crippen LogP contribution is 2.46. The molecule has 3 fully saturated rings. The number of amides is 6. The molecule has 3 saturated heterocycles. The molecule has 0 N–H and O–H groups in total. The molecule has 0 atom stereocenters. The summed E-state index contributed by atoms with van der Waals surface area (Å²) in [4.78, 5) is 145. The molecule has 25 nitrogen and oxygen atoms in total. The molecular weight excluding hydrogens is 1440 g/mol. The van der Waals surface area contributed by atoms with Crippen LogP contribution in [0, 0.1) is 20.8 Å². The number of hydrogen-bond acceptors (Lipinski definition) is 13. The van der Waals surface area contributed by atoms with Crippen LogP contribution in [0.15, 0.2) is 147 Å². The summed E-state index contributed by atoms with van der Waals surface area (Å²) in [7, 11) is 0. The average Bonchev–Trinajstić information content (AvgIpc) is 1.59. The van der Waals surface area contributed by atoms with Crippen LogP contribution in [0.5, 0.6) is 0 Å². The standard InChI is InChI=1S/2C30H29N5O3.C29H27N5O4/c2*1-19-13-20-17-34(30(38)32-8-4-2-5-9-32)12-11-33-18-22(21(14-19)29(20)33)27-24(36)15-25(37)28(27)23-16-31-26-7-3-6-10-35(23)26;1-18-12-19-16-33(29(37)31-8-10-38-11-9-31)7-6-32-17-21(20(13-18)28(19)32)26-23(35)14-24(36)27(26)22-15-30-25-4-2-3-5-34(22)25/h2*3,6-7,10,13-14,16,18H,2,4-5,8-9,11-12,15,17H2,1H3;2-5,12-13,15,17H,6-11,14,16H2,1H3. The number of fused-ring (bicyclic) bond motifs is 3. The topological polar surface area (TPSA) is 249 Å². The van der Waals surface area contributed by atoms with E-state index in [1.165, 1.54) is 12.8 Å². The lowest BCUT2D eigenvalue weighted by molar-refractivity contribution is -0.121. The van der Waals surface area contributed by atoms with Crippen molar-refractivity contribution in [1.29, 1.82) is 0 Å². The van der Waals surface area contributed by atoms with Crippen molar-refractivity contribution in [2.45, 2.75) is 118 Å². The molecule has 0 unspecified atom stereocenters. The Labute approximate surface area is 655 Å². The van der Waals surface area contributed by atoms with Gasteiger partial charge in [0.15, 0.2) is 34.7 Å². The number of piperidine rings is 2. The quantitative estimate of drug-likeness (QED) is 0.141. The fourth-order valence-electron chi connectivity index (χ4n) is 18.9. The molecule has 0 saturated carbocycles. The predicted octanol–water partition coefficient (Wildman–Crippen LogP) is 12.3. The van der Waals surface area contributed by atoms with E-state index in [0.717, 1.165) is 152 Å². The predicted molar refractivity (Wildman–Crippen MR) is 431 cm³/mol. The average molecular weight is 1520 g/mol. The largest absolute Gasteiger partial charge is 0.378 e. The second-order valence-electron chi connectivity index (χ2n) is 31.5. The summed E-state index contributed by atoms with van der Waals surface area (Å²) in [5.41, 5.74) is 18.6. The number of nitrogens with zero attached hydrogens (tertiary/aromatic N) is 15. The van der Waals surface area contributed by atoms with Gasteiger partial charge in [0, 0.05) is 185 Å². The Bertz CT molecular complexity index is 5650. The number of benzene rings is 3. The van der Waals surface area contributed by atoms with Gasteiger partial charge >= 0.3 is 18.1 Å². The van der Waals surface area contributed by atoms with Gasteiger partial charge in [0.1, 0.15) is 16.9 Å². The molecule has 12 aromatic rings. The molecule has 576 valence electrons. The van der Waals surface area contributed by atoms with Crippen LogP contribution in [0.4, 0.5) is 14.4 Å². The highest BCUT2D eigenvalue weighted by atomic mass is 16.5. The van der Waals surface area contributed by atoms with Crippen LogP contribution in [0.2, 0.25) is 0 Å². The lowest BCUT2D eigenvalue weighted by Crippen LogP contribution is -2.48. The zero-order valence-electron chi connectivity index (χ0n) is 64.0. The van der Waals surface area contributed by atoms with E-state index in [1.54, 1.807) is 18.6 Å². The number of morpholine rings is 1. The van der Waals surface area contributed by atoms with Gasteiger partial charge in [-0.2, -0.15) is 0 Å². The van der Waals surface area contributed by atoms with E-state index in [4.69, 9.17) is 4.74 Å². The number of carbonyl (C=O) groups is 9. The number of hydrogen-bond donors (Lipinski definition) is 0. The van der Waals surface area contributed by atoms with Crippen molar-refractivity contribution in [3.8, 4) is 0 Å². The smallest absolute Gasteiger partial charge is 0.320 e. The van der Waals surface area contributed by atoms with Crippen molar-refractivity contribution < 1.29 is 47.9 Å². The third kappa shape index (κ3) is 12.4. The first-order valence-corrected chi connectivity index (χ1v) is 39.8. The summed E-state index contributed by atoms with van der Waals surface area (Å²) in [6.45, 7) is 16.9. The fraction of sp³-hybridized carbons (Fsp3) is 0.326. The Morgan fingerprint density at radius 3 is 0.947 bits per heavy atom. The Morgan fingerprint density at radius 2 is 0.632 bits per heavy atom. The molecule has 9 aromatic heterocycles. The Morgan fingerprint density at radius 1 is 0.333 bits per heavy atom. The van der Waals surface area contributed by atoms with Crippen LogP contribution in [0.1, 0.15) is 125 Å². The minimum absolute atomic E-state index is 0.0307. The number of Topliss-reactive ketones (excluding diaryl/α,β-unsaturated/α-hetero) is 6. The molecule has 9 aliphatic rings. The molecule has 21 rings (SSSR count). The second kappa shape index (κ2) is 28.8. The molecule has 114 heavy (non-hydrogen) atoms.